The summed E-state index contributed by atoms with van der Waals surface area (Å²) in [5.74, 6) is 0.655. The van der Waals surface area contributed by atoms with Gasteiger partial charge in [-0.15, -0.1) is 0 Å². The first-order valence-corrected chi connectivity index (χ1v) is 7.98. The Bertz CT molecular complexity index is 565. The average molecular weight is 363 g/mol. The second-order valence-electron chi connectivity index (χ2n) is 5.18. The highest BCUT2D eigenvalue weighted by molar-refractivity contribution is 14.1. The molecule has 19 heavy (non-hydrogen) atoms. The molecule has 0 saturated carbocycles. The Kier molecular flexibility index (Phi) is 4.06. The zero-order valence-electron chi connectivity index (χ0n) is 10.9. The van der Waals surface area contributed by atoms with E-state index in [0.29, 0.717) is 5.92 Å². The molecule has 0 amide bonds. The van der Waals surface area contributed by atoms with Gasteiger partial charge in [0.15, 0.2) is 0 Å². The van der Waals surface area contributed by atoms with Gasteiger partial charge in [-0.25, -0.2) is 0 Å². The largest absolute Gasteiger partial charge is 0.384 e. The van der Waals surface area contributed by atoms with Crippen LogP contribution >= 0.6 is 22.6 Å². The molecule has 0 saturated heterocycles. The number of hydrogen-bond acceptors (Lipinski definition) is 1. The molecule has 1 atom stereocenters. The van der Waals surface area contributed by atoms with E-state index in [1.54, 1.807) is 11.1 Å². The van der Waals surface area contributed by atoms with E-state index in [2.05, 4.69) is 76.4 Å². The molecule has 0 bridgehead atoms. The summed E-state index contributed by atoms with van der Waals surface area (Å²) >= 11 is 2.36. The first kappa shape index (κ1) is 13.0. The van der Waals surface area contributed by atoms with Gasteiger partial charge in [0.25, 0.3) is 0 Å². The van der Waals surface area contributed by atoms with Crippen LogP contribution in [0.4, 0.5) is 5.69 Å². The van der Waals surface area contributed by atoms with Crippen LogP contribution in [-0.4, -0.2) is 6.54 Å². The molecule has 1 unspecified atom stereocenters. The van der Waals surface area contributed by atoms with Crippen molar-refractivity contribution in [3.8, 4) is 0 Å². The molecule has 0 spiro atoms. The van der Waals surface area contributed by atoms with Gasteiger partial charge in [0.1, 0.15) is 0 Å². The van der Waals surface area contributed by atoms with Crippen molar-refractivity contribution in [1.82, 2.24) is 0 Å². The third kappa shape index (κ3) is 3.11. The highest BCUT2D eigenvalue weighted by Crippen LogP contribution is 2.31. The van der Waals surface area contributed by atoms with Crippen LogP contribution < -0.4 is 5.32 Å². The van der Waals surface area contributed by atoms with Crippen LogP contribution in [0.5, 0.6) is 0 Å². The topological polar surface area (TPSA) is 12.0 Å². The van der Waals surface area contributed by atoms with Gasteiger partial charge in [-0.3, -0.25) is 0 Å². The minimum Gasteiger partial charge on any atom is -0.384 e. The molecule has 0 radical (unpaired) electrons. The fraction of sp³-hybridized carbons (Fsp3) is 0.294. The van der Waals surface area contributed by atoms with E-state index < -0.39 is 0 Å². The van der Waals surface area contributed by atoms with Crippen LogP contribution in [0.2, 0.25) is 0 Å². The first-order valence-electron chi connectivity index (χ1n) is 6.90. The molecule has 0 aromatic heterocycles. The summed E-state index contributed by atoms with van der Waals surface area (Å²) in [4.78, 5) is 0. The normalized spacial score (nSPS) is 17.8. The summed E-state index contributed by atoms with van der Waals surface area (Å²) in [5, 5.41) is 3.59. The second-order valence-corrected chi connectivity index (χ2v) is 6.42. The standard InChI is InChI=1S/C17H18IN/c18-15-8-4-9-16(11-15)19-12-14-7-3-6-13-5-1-2-10-17(13)14/h1-2,4-5,8-11,14,19H,3,6-7,12H2. The number of fused-ring (bicyclic) bond motifs is 1. The third-order valence-corrected chi connectivity index (χ3v) is 4.54. The van der Waals surface area contributed by atoms with Crippen molar-refractivity contribution in [2.24, 2.45) is 0 Å². The number of nitrogens with one attached hydrogen (secondary N) is 1. The molecule has 1 aliphatic rings. The zero-order chi connectivity index (χ0) is 13.1. The predicted molar refractivity (Wildman–Crippen MR) is 89.8 cm³/mol. The van der Waals surface area contributed by atoms with Crippen molar-refractivity contribution in [2.45, 2.75) is 25.2 Å². The van der Waals surface area contributed by atoms with Gasteiger partial charge in [0, 0.05) is 21.7 Å². The third-order valence-electron chi connectivity index (χ3n) is 3.87. The van der Waals surface area contributed by atoms with Gasteiger partial charge < -0.3 is 5.32 Å². The summed E-state index contributed by atoms with van der Waals surface area (Å²) in [5.41, 5.74) is 4.32. The van der Waals surface area contributed by atoms with Gasteiger partial charge in [-0.2, -0.15) is 0 Å². The van der Waals surface area contributed by atoms with Crippen molar-refractivity contribution in [1.29, 1.82) is 0 Å². The lowest BCUT2D eigenvalue weighted by Gasteiger charge is -2.26. The van der Waals surface area contributed by atoms with Gasteiger partial charge in [-0.05, 0) is 71.2 Å². The maximum absolute atomic E-state index is 3.59. The summed E-state index contributed by atoms with van der Waals surface area (Å²) in [6.07, 6.45) is 3.86. The number of rotatable bonds is 3. The summed E-state index contributed by atoms with van der Waals surface area (Å²) in [7, 11) is 0. The van der Waals surface area contributed by atoms with E-state index in [1.807, 2.05) is 0 Å². The molecule has 1 aliphatic carbocycles. The molecular formula is C17H18IN. The monoisotopic (exact) mass is 363 g/mol. The summed E-state index contributed by atoms with van der Waals surface area (Å²) in [6.45, 7) is 1.04. The van der Waals surface area contributed by atoms with Gasteiger partial charge in [0.2, 0.25) is 0 Å². The average Bonchev–Trinajstić information content (AvgIpc) is 2.45. The molecule has 1 nitrogen and oxygen atoms in total. The van der Waals surface area contributed by atoms with Gasteiger partial charge in [0.05, 0.1) is 0 Å². The Morgan fingerprint density at radius 3 is 2.89 bits per heavy atom. The Labute approximate surface area is 128 Å². The highest BCUT2D eigenvalue weighted by Gasteiger charge is 2.19. The molecule has 1 N–H and O–H groups in total. The Hall–Kier alpha value is -1.03. The lowest BCUT2D eigenvalue weighted by Crippen LogP contribution is -2.18. The zero-order valence-corrected chi connectivity index (χ0v) is 13.1. The maximum Gasteiger partial charge on any atom is 0.0350 e. The fourth-order valence-corrected chi connectivity index (χ4v) is 3.45. The van der Waals surface area contributed by atoms with Crippen LogP contribution in [0.3, 0.4) is 0 Å². The van der Waals surface area contributed by atoms with Crippen molar-refractivity contribution < 1.29 is 0 Å². The van der Waals surface area contributed by atoms with E-state index in [4.69, 9.17) is 0 Å². The van der Waals surface area contributed by atoms with Crippen molar-refractivity contribution in [2.75, 3.05) is 11.9 Å². The number of hydrogen-bond donors (Lipinski definition) is 1. The van der Waals surface area contributed by atoms with Gasteiger partial charge >= 0.3 is 0 Å². The minimum absolute atomic E-state index is 0.655. The van der Waals surface area contributed by atoms with E-state index in [9.17, 15) is 0 Å². The maximum atomic E-state index is 3.59. The Balaban J connectivity index is 1.71. The van der Waals surface area contributed by atoms with Crippen LogP contribution in [0.25, 0.3) is 0 Å². The number of halogens is 1. The van der Waals surface area contributed by atoms with E-state index >= 15 is 0 Å². The van der Waals surface area contributed by atoms with Crippen molar-refractivity contribution >= 4 is 28.3 Å². The Morgan fingerprint density at radius 1 is 1.11 bits per heavy atom. The predicted octanol–water partition coefficient (Wildman–Crippen LogP) is 4.82. The van der Waals surface area contributed by atoms with Crippen LogP contribution in [0, 0.1) is 3.57 Å². The van der Waals surface area contributed by atoms with E-state index in [-0.39, 0.29) is 0 Å². The summed E-state index contributed by atoms with van der Waals surface area (Å²) < 4.78 is 1.28. The number of aryl methyl sites for hydroxylation is 1. The molecule has 2 aromatic rings. The molecule has 3 rings (SSSR count). The van der Waals surface area contributed by atoms with Crippen molar-refractivity contribution in [3.05, 3.63) is 63.2 Å². The highest BCUT2D eigenvalue weighted by atomic mass is 127. The van der Waals surface area contributed by atoms with E-state index in [0.717, 1.165) is 6.54 Å². The molecule has 0 heterocycles. The SMILES string of the molecule is Ic1cccc(NCC2CCCc3ccccc32)c1. The number of anilines is 1. The van der Waals surface area contributed by atoms with E-state index in [1.165, 1.54) is 28.5 Å². The molecule has 0 fully saturated rings. The lowest BCUT2D eigenvalue weighted by atomic mass is 9.83. The van der Waals surface area contributed by atoms with Gasteiger partial charge in [-0.1, -0.05) is 30.3 Å². The van der Waals surface area contributed by atoms with Crippen LogP contribution in [-0.2, 0) is 6.42 Å². The molecule has 2 aromatic carbocycles. The second kappa shape index (κ2) is 5.95. The molecule has 98 valence electrons. The summed E-state index contributed by atoms with van der Waals surface area (Å²) in [6, 6.07) is 17.5. The fourth-order valence-electron chi connectivity index (χ4n) is 2.91. The molecule has 2 heteroatoms. The smallest absolute Gasteiger partial charge is 0.0350 e. The minimum atomic E-state index is 0.655. The van der Waals surface area contributed by atoms with Crippen molar-refractivity contribution in [3.63, 3.8) is 0 Å². The molecular weight excluding hydrogens is 345 g/mol. The molecule has 0 aliphatic heterocycles. The van der Waals surface area contributed by atoms with Crippen LogP contribution in [0.15, 0.2) is 48.5 Å². The number of benzene rings is 2. The first-order chi connectivity index (χ1) is 9.33. The lowest BCUT2D eigenvalue weighted by molar-refractivity contribution is 0.572. The van der Waals surface area contributed by atoms with Crippen LogP contribution in [0.1, 0.15) is 29.9 Å². The quantitative estimate of drug-likeness (QED) is 0.771. The Morgan fingerprint density at radius 2 is 2.00 bits per heavy atom.